The summed E-state index contributed by atoms with van der Waals surface area (Å²) in [6, 6.07) is 3.59. The number of methoxy groups -OCH3 is 2. The maximum Gasteiger partial charge on any atom is 0.244 e. The fourth-order valence-electron chi connectivity index (χ4n) is 1.54. The molecule has 0 saturated heterocycles. The van der Waals surface area contributed by atoms with Gasteiger partial charge in [-0.1, -0.05) is 0 Å². The van der Waals surface area contributed by atoms with Crippen LogP contribution in [-0.2, 0) is 4.79 Å². The fraction of sp³-hybridized carbons (Fsp3) is 0.308. The molecule has 1 aromatic rings. The van der Waals surface area contributed by atoms with Crippen LogP contribution in [0.15, 0.2) is 17.7 Å². The van der Waals surface area contributed by atoms with Gasteiger partial charge in [-0.05, 0) is 19.1 Å². The molecule has 0 bridgehead atoms. The second-order valence-electron chi connectivity index (χ2n) is 3.74. The third kappa shape index (κ3) is 2.94. The van der Waals surface area contributed by atoms with Crippen LogP contribution in [0.4, 0.5) is 5.69 Å². The number of hydrogen-bond acceptors (Lipinski definition) is 4. The Labute approximate surface area is 107 Å². The molecule has 18 heavy (non-hydrogen) atoms. The number of carbonyl (C=O) groups excluding carboxylic acids is 1. The summed E-state index contributed by atoms with van der Waals surface area (Å²) in [7, 11) is 4.92. The lowest BCUT2D eigenvalue weighted by atomic mass is 10.1. The molecule has 0 atom stereocenters. The summed E-state index contributed by atoms with van der Waals surface area (Å²) < 4.78 is 10.4. The van der Waals surface area contributed by atoms with Crippen LogP contribution in [0.3, 0.4) is 0 Å². The van der Waals surface area contributed by atoms with Crippen molar-refractivity contribution in [1.82, 2.24) is 0 Å². The van der Waals surface area contributed by atoms with Gasteiger partial charge in [0.05, 0.1) is 14.2 Å². The Balaban J connectivity index is 3.34. The van der Waals surface area contributed by atoms with Crippen molar-refractivity contribution in [2.75, 3.05) is 26.6 Å². The first-order valence-corrected chi connectivity index (χ1v) is 5.45. The zero-order valence-electron chi connectivity index (χ0n) is 11.0. The van der Waals surface area contributed by atoms with E-state index in [-0.39, 0.29) is 0 Å². The quantitative estimate of drug-likeness (QED) is 0.779. The third-order valence-corrected chi connectivity index (χ3v) is 2.59. The van der Waals surface area contributed by atoms with Gasteiger partial charge in [0.15, 0.2) is 11.5 Å². The highest BCUT2D eigenvalue weighted by Crippen LogP contribution is 2.34. The Morgan fingerprint density at radius 2 is 1.83 bits per heavy atom. The van der Waals surface area contributed by atoms with Crippen molar-refractivity contribution in [3.05, 3.63) is 23.3 Å². The topological polar surface area (TPSA) is 73.6 Å². The molecule has 3 N–H and O–H groups in total. The molecular weight excluding hydrogens is 232 g/mol. The van der Waals surface area contributed by atoms with E-state index in [2.05, 4.69) is 5.32 Å². The number of nitrogens with two attached hydrogens (primary N) is 1. The van der Waals surface area contributed by atoms with E-state index in [1.165, 1.54) is 0 Å². The zero-order chi connectivity index (χ0) is 13.7. The molecule has 0 heterocycles. The van der Waals surface area contributed by atoms with Crippen molar-refractivity contribution >= 4 is 17.7 Å². The fourth-order valence-corrected chi connectivity index (χ4v) is 1.54. The number of carbonyl (C=O) groups is 1. The third-order valence-electron chi connectivity index (χ3n) is 2.59. The summed E-state index contributed by atoms with van der Waals surface area (Å²) in [5, 5.41) is 3.03. The van der Waals surface area contributed by atoms with Crippen molar-refractivity contribution in [2.24, 2.45) is 5.73 Å². The molecule has 1 aromatic carbocycles. The van der Waals surface area contributed by atoms with Crippen molar-refractivity contribution in [3.8, 4) is 11.5 Å². The van der Waals surface area contributed by atoms with Gasteiger partial charge in [-0.25, -0.2) is 0 Å². The second-order valence-corrected chi connectivity index (χ2v) is 3.74. The second kappa shape index (κ2) is 5.95. The first kappa shape index (κ1) is 13.9. The highest BCUT2D eigenvalue weighted by Gasteiger charge is 2.10. The average molecular weight is 250 g/mol. The number of rotatable bonds is 5. The van der Waals surface area contributed by atoms with E-state index in [1.807, 2.05) is 0 Å². The number of ether oxygens (including phenoxy) is 2. The van der Waals surface area contributed by atoms with E-state index >= 15 is 0 Å². The maximum atomic E-state index is 11.1. The lowest BCUT2D eigenvalue weighted by Crippen LogP contribution is -2.11. The van der Waals surface area contributed by atoms with Gasteiger partial charge in [-0.3, -0.25) is 4.79 Å². The highest BCUT2D eigenvalue weighted by molar-refractivity contribution is 5.97. The van der Waals surface area contributed by atoms with E-state index in [9.17, 15) is 4.79 Å². The van der Waals surface area contributed by atoms with Crippen LogP contribution in [0.2, 0.25) is 0 Å². The molecule has 0 aliphatic heterocycles. The minimum atomic E-state index is -0.452. The van der Waals surface area contributed by atoms with E-state index in [4.69, 9.17) is 15.2 Å². The molecule has 0 spiro atoms. The van der Waals surface area contributed by atoms with E-state index < -0.39 is 5.91 Å². The minimum absolute atomic E-state index is 0.452. The van der Waals surface area contributed by atoms with Gasteiger partial charge >= 0.3 is 0 Å². The Morgan fingerprint density at radius 1 is 1.28 bits per heavy atom. The number of amides is 1. The summed E-state index contributed by atoms with van der Waals surface area (Å²) in [6.45, 7) is 1.67. The van der Waals surface area contributed by atoms with Gasteiger partial charge in [-0.2, -0.15) is 0 Å². The molecule has 5 heteroatoms. The first-order valence-electron chi connectivity index (χ1n) is 5.45. The Kier molecular flexibility index (Phi) is 4.59. The number of anilines is 1. The van der Waals surface area contributed by atoms with E-state index in [1.54, 1.807) is 46.4 Å². The van der Waals surface area contributed by atoms with E-state index in [0.717, 1.165) is 11.3 Å². The van der Waals surface area contributed by atoms with Crippen molar-refractivity contribution < 1.29 is 14.3 Å². The summed E-state index contributed by atoms with van der Waals surface area (Å²) in [5.74, 6) is 0.766. The summed E-state index contributed by atoms with van der Waals surface area (Å²) >= 11 is 0. The van der Waals surface area contributed by atoms with Crippen molar-refractivity contribution in [1.29, 1.82) is 0 Å². The van der Waals surface area contributed by atoms with Crippen LogP contribution in [0.1, 0.15) is 12.5 Å². The smallest absolute Gasteiger partial charge is 0.244 e. The zero-order valence-corrected chi connectivity index (χ0v) is 11.0. The predicted octanol–water partition coefficient (Wildman–Crippen LogP) is 1.63. The van der Waals surface area contributed by atoms with Crippen LogP contribution in [-0.4, -0.2) is 27.2 Å². The lowest BCUT2D eigenvalue weighted by molar-refractivity contribution is -0.114. The summed E-state index contributed by atoms with van der Waals surface area (Å²) in [4.78, 5) is 11.1. The van der Waals surface area contributed by atoms with Crippen molar-refractivity contribution in [3.63, 3.8) is 0 Å². The molecule has 98 valence electrons. The van der Waals surface area contributed by atoms with Gasteiger partial charge in [-0.15, -0.1) is 0 Å². The molecule has 0 fully saturated rings. The molecule has 0 aromatic heterocycles. The SMILES string of the molecule is CNc1cc(OC)c(OC)cc1C=C(C)C(N)=O. The molecule has 0 aliphatic rings. The van der Waals surface area contributed by atoms with Gasteiger partial charge in [0, 0.05) is 29.9 Å². The molecule has 0 aliphatic carbocycles. The summed E-state index contributed by atoms with van der Waals surface area (Å²) in [6.07, 6.45) is 1.70. The molecular formula is C13H18N2O3. The highest BCUT2D eigenvalue weighted by atomic mass is 16.5. The Hall–Kier alpha value is -2.17. The number of nitrogens with one attached hydrogen (secondary N) is 1. The molecule has 5 nitrogen and oxygen atoms in total. The van der Waals surface area contributed by atoms with Crippen LogP contribution < -0.4 is 20.5 Å². The van der Waals surface area contributed by atoms with Crippen LogP contribution in [0.25, 0.3) is 6.08 Å². The monoisotopic (exact) mass is 250 g/mol. The Bertz CT molecular complexity index is 481. The standard InChI is InChI=1S/C13H18N2O3/c1-8(13(14)16)5-9-6-11(17-3)12(18-4)7-10(9)15-2/h5-7,15H,1-4H3,(H2,14,16). The largest absolute Gasteiger partial charge is 0.493 e. The van der Waals surface area contributed by atoms with Gasteiger partial charge in [0.2, 0.25) is 5.91 Å². The molecule has 0 radical (unpaired) electrons. The maximum absolute atomic E-state index is 11.1. The van der Waals surface area contributed by atoms with Gasteiger partial charge in [0.1, 0.15) is 0 Å². The molecule has 0 saturated carbocycles. The first-order chi connectivity index (χ1) is 8.53. The lowest BCUT2D eigenvalue weighted by Gasteiger charge is -2.13. The summed E-state index contributed by atoms with van der Waals surface area (Å²) in [5.41, 5.74) is 7.33. The molecule has 1 amide bonds. The number of primary amides is 1. The average Bonchev–Trinajstić information content (AvgIpc) is 2.37. The number of hydrogen-bond donors (Lipinski definition) is 2. The Morgan fingerprint density at radius 3 is 2.28 bits per heavy atom. The normalized spacial score (nSPS) is 11.0. The minimum Gasteiger partial charge on any atom is -0.493 e. The number of benzene rings is 1. The van der Waals surface area contributed by atoms with E-state index in [0.29, 0.717) is 17.1 Å². The van der Waals surface area contributed by atoms with Crippen LogP contribution in [0, 0.1) is 0 Å². The molecule has 1 rings (SSSR count). The van der Waals surface area contributed by atoms with Gasteiger partial charge < -0.3 is 20.5 Å². The van der Waals surface area contributed by atoms with Gasteiger partial charge in [0.25, 0.3) is 0 Å². The van der Waals surface area contributed by atoms with Crippen molar-refractivity contribution in [2.45, 2.75) is 6.92 Å². The van der Waals surface area contributed by atoms with Crippen LogP contribution >= 0.6 is 0 Å². The molecule has 0 unspecified atom stereocenters. The predicted molar refractivity (Wildman–Crippen MR) is 71.9 cm³/mol. The van der Waals surface area contributed by atoms with Crippen LogP contribution in [0.5, 0.6) is 11.5 Å².